The molecule has 3 N–H and O–H groups in total. The van der Waals surface area contributed by atoms with Gasteiger partial charge in [-0.25, -0.2) is 22.9 Å². The molecule has 0 amide bonds. The number of nitrogens with one attached hydrogen (secondary N) is 1. The molecular weight excluding hydrogens is 346 g/mol. The van der Waals surface area contributed by atoms with Gasteiger partial charge in [-0.05, 0) is 37.6 Å². The number of imidazole rings is 1. The molecule has 0 saturated heterocycles. The number of fused-ring (bicyclic) bond motifs is 1. The highest BCUT2D eigenvalue weighted by Gasteiger charge is 2.21. The van der Waals surface area contributed by atoms with Gasteiger partial charge in [-0.15, -0.1) is 5.10 Å². The van der Waals surface area contributed by atoms with E-state index in [-0.39, 0.29) is 23.7 Å². The maximum atomic E-state index is 12.4. The van der Waals surface area contributed by atoms with Crippen LogP contribution in [0.15, 0.2) is 34.0 Å². The fourth-order valence-corrected chi connectivity index (χ4v) is 3.49. The summed E-state index contributed by atoms with van der Waals surface area (Å²) >= 11 is 0. The zero-order valence-electron chi connectivity index (χ0n) is 13.7. The summed E-state index contributed by atoms with van der Waals surface area (Å²) in [6.45, 7) is 2.04. The van der Waals surface area contributed by atoms with Crippen molar-refractivity contribution in [3.05, 3.63) is 46.0 Å². The Labute approximate surface area is 143 Å². The molecule has 9 nitrogen and oxygen atoms in total. The van der Waals surface area contributed by atoms with Gasteiger partial charge in [0.25, 0.3) is 0 Å². The Morgan fingerprint density at radius 3 is 2.60 bits per heavy atom. The molecule has 0 radical (unpaired) electrons. The molecule has 25 heavy (non-hydrogen) atoms. The molecule has 10 heteroatoms. The number of ether oxygens (including phenoxy) is 1. The quantitative estimate of drug-likeness (QED) is 0.668. The summed E-state index contributed by atoms with van der Waals surface area (Å²) < 4.78 is 30.3. The highest BCUT2D eigenvalue weighted by atomic mass is 32.2. The number of nitrogens with two attached hydrogens (primary N) is 1. The number of aromatic nitrogens is 4. The molecule has 0 bridgehead atoms. The Kier molecular flexibility index (Phi) is 4.41. The van der Waals surface area contributed by atoms with E-state index in [9.17, 15) is 13.2 Å². The van der Waals surface area contributed by atoms with Gasteiger partial charge in [-0.3, -0.25) is 0 Å². The minimum atomic E-state index is -3.97. The number of primary sulfonamides is 1. The Balaban J connectivity index is 2.39. The number of sulfonamides is 1. The zero-order chi connectivity index (χ0) is 18.2. The van der Waals surface area contributed by atoms with Crippen LogP contribution in [0.25, 0.3) is 16.9 Å². The number of H-pyrrole nitrogens is 1. The third-order valence-corrected chi connectivity index (χ3v) is 4.78. The van der Waals surface area contributed by atoms with Crippen molar-refractivity contribution in [2.24, 2.45) is 5.14 Å². The first-order chi connectivity index (χ1) is 11.8. The van der Waals surface area contributed by atoms with Crippen molar-refractivity contribution < 1.29 is 13.2 Å². The lowest BCUT2D eigenvalue weighted by Gasteiger charge is -2.11. The van der Waals surface area contributed by atoms with E-state index in [0.717, 1.165) is 0 Å². The van der Waals surface area contributed by atoms with Gasteiger partial charge in [-0.1, -0.05) is 0 Å². The van der Waals surface area contributed by atoms with Crippen LogP contribution in [0.3, 0.4) is 0 Å². The normalized spacial score (nSPS) is 12.0. The topological polar surface area (TPSA) is 133 Å². The first-order valence-corrected chi connectivity index (χ1v) is 8.96. The summed E-state index contributed by atoms with van der Waals surface area (Å²) in [5.74, 6) is 0.284. The number of rotatable bonds is 5. The van der Waals surface area contributed by atoms with Crippen LogP contribution in [-0.4, -0.2) is 41.9 Å². The first-order valence-electron chi connectivity index (χ1n) is 7.42. The summed E-state index contributed by atoms with van der Waals surface area (Å²) in [7, 11) is -2.47. The Bertz CT molecular complexity index is 1080. The molecule has 1 aromatic carbocycles. The lowest BCUT2D eigenvalue weighted by molar-refractivity contribution is 0.202. The van der Waals surface area contributed by atoms with Gasteiger partial charge in [0.15, 0.2) is 5.82 Å². The smallest absolute Gasteiger partial charge is 0.332 e. The average molecular weight is 363 g/mol. The minimum absolute atomic E-state index is 0.0510. The van der Waals surface area contributed by atoms with Crippen LogP contribution in [0, 0.1) is 6.92 Å². The third-order valence-electron chi connectivity index (χ3n) is 3.78. The van der Waals surface area contributed by atoms with Crippen molar-refractivity contribution in [3.63, 3.8) is 0 Å². The van der Waals surface area contributed by atoms with Gasteiger partial charge in [-0.2, -0.15) is 5.10 Å². The van der Waals surface area contributed by atoms with Crippen LogP contribution in [0.1, 0.15) is 11.3 Å². The average Bonchev–Trinajstić information content (AvgIpc) is 2.88. The molecule has 0 spiro atoms. The molecule has 0 fully saturated rings. The molecule has 0 aliphatic carbocycles. The maximum absolute atomic E-state index is 12.4. The lowest BCUT2D eigenvalue weighted by atomic mass is 10.1. The van der Waals surface area contributed by atoms with E-state index in [0.29, 0.717) is 22.3 Å². The SMILES string of the molecule is COCCc1c(S(N)(=O)=O)ccc2[nH]c(=O)n(-c3ccc(C)nn3)c12. The third kappa shape index (κ3) is 3.18. The standard InChI is InChI=1S/C15H17N5O4S/c1-9-3-6-13(19-18-9)20-14-10(7-8-24-2)12(25(16,22)23)5-4-11(14)17-15(20)21/h3-6H,7-8H2,1-2H3,(H,17,21)(H2,16,22,23). The first kappa shape index (κ1) is 17.3. The second-order valence-corrected chi connectivity index (χ2v) is 7.05. The van der Waals surface area contributed by atoms with E-state index < -0.39 is 15.7 Å². The second-order valence-electron chi connectivity index (χ2n) is 5.52. The molecule has 2 heterocycles. The van der Waals surface area contributed by atoms with Gasteiger partial charge in [0.05, 0.1) is 28.2 Å². The molecule has 2 aromatic heterocycles. The molecule has 0 unspecified atom stereocenters. The molecule has 0 atom stereocenters. The summed E-state index contributed by atoms with van der Waals surface area (Å²) in [5.41, 5.74) is 1.51. The maximum Gasteiger partial charge on any atom is 0.332 e. The Morgan fingerprint density at radius 1 is 1.24 bits per heavy atom. The van der Waals surface area contributed by atoms with Crippen LogP contribution in [0.2, 0.25) is 0 Å². The number of hydrogen-bond donors (Lipinski definition) is 2. The monoisotopic (exact) mass is 363 g/mol. The molecule has 3 rings (SSSR count). The van der Waals surface area contributed by atoms with Crippen molar-refractivity contribution in [2.75, 3.05) is 13.7 Å². The number of nitrogens with zero attached hydrogens (tertiary/aromatic N) is 3. The number of hydrogen-bond acceptors (Lipinski definition) is 6. The summed E-state index contributed by atoms with van der Waals surface area (Å²) in [5, 5.41) is 13.3. The molecule has 0 aliphatic rings. The van der Waals surface area contributed by atoms with Crippen molar-refractivity contribution in [1.29, 1.82) is 0 Å². The Morgan fingerprint density at radius 2 is 2.00 bits per heavy atom. The summed E-state index contributed by atoms with van der Waals surface area (Å²) in [6.07, 6.45) is 0.260. The van der Waals surface area contributed by atoms with Crippen LogP contribution >= 0.6 is 0 Å². The number of methoxy groups -OCH3 is 1. The van der Waals surface area contributed by atoms with Gasteiger partial charge >= 0.3 is 5.69 Å². The zero-order valence-corrected chi connectivity index (χ0v) is 14.5. The van der Waals surface area contributed by atoms with E-state index in [1.54, 1.807) is 19.1 Å². The number of benzene rings is 1. The van der Waals surface area contributed by atoms with E-state index in [4.69, 9.17) is 9.88 Å². The van der Waals surface area contributed by atoms with E-state index >= 15 is 0 Å². The summed E-state index contributed by atoms with van der Waals surface area (Å²) in [6, 6.07) is 6.24. The van der Waals surface area contributed by atoms with Crippen LogP contribution < -0.4 is 10.8 Å². The molecule has 3 aromatic rings. The van der Waals surface area contributed by atoms with Crippen molar-refractivity contribution in [1.82, 2.24) is 19.7 Å². The van der Waals surface area contributed by atoms with Crippen molar-refractivity contribution in [3.8, 4) is 5.82 Å². The van der Waals surface area contributed by atoms with Crippen LogP contribution in [0.4, 0.5) is 0 Å². The highest BCUT2D eigenvalue weighted by Crippen LogP contribution is 2.25. The van der Waals surface area contributed by atoms with Gasteiger partial charge in [0.1, 0.15) is 0 Å². The van der Waals surface area contributed by atoms with Crippen molar-refractivity contribution in [2.45, 2.75) is 18.2 Å². The highest BCUT2D eigenvalue weighted by molar-refractivity contribution is 7.89. The summed E-state index contributed by atoms with van der Waals surface area (Å²) in [4.78, 5) is 15.1. The van der Waals surface area contributed by atoms with Crippen LogP contribution in [-0.2, 0) is 21.2 Å². The lowest BCUT2D eigenvalue weighted by Crippen LogP contribution is -2.19. The van der Waals surface area contributed by atoms with E-state index in [2.05, 4.69) is 15.2 Å². The second kappa shape index (κ2) is 6.39. The van der Waals surface area contributed by atoms with Gasteiger partial charge in [0.2, 0.25) is 10.0 Å². The van der Waals surface area contributed by atoms with Gasteiger partial charge < -0.3 is 9.72 Å². The van der Waals surface area contributed by atoms with Gasteiger partial charge in [0, 0.05) is 12.7 Å². The fraction of sp³-hybridized carbons (Fsp3) is 0.267. The molecule has 0 saturated carbocycles. The minimum Gasteiger partial charge on any atom is -0.384 e. The number of aryl methyl sites for hydroxylation is 1. The largest absolute Gasteiger partial charge is 0.384 e. The Hall–Kier alpha value is -2.56. The predicted octanol–water partition coefficient (Wildman–Crippen LogP) is 0.254. The van der Waals surface area contributed by atoms with Crippen molar-refractivity contribution >= 4 is 21.1 Å². The molecule has 132 valence electrons. The molecule has 0 aliphatic heterocycles. The van der Waals surface area contributed by atoms with E-state index in [1.807, 2.05) is 0 Å². The number of aromatic amines is 1. The predicted molar refractivity (Wildman–Crippen MR) is 91.2 cm³/mol. The fourth-order valence-electron chi connectivity index (χ4n) is 2.69. The van der Waals surface area contributed by atoms with E-state index in [1.165, 1.54) is 23.8 Å². The molecular formula is C15H17N5O4S. The van der Waals surface area contributed by atoms with Crippen LogP contribution in [0.5, 0.6) is 0 Å².